The van der Waals surface area contributed by atoms with Crippen LogP contribution in [0.25, 0.3) is 0 Å². The topological polar surface area (TPSA) is 224 Å². The van der Waals surface area contributed by atoms with Gasteiger partial charge >= 0.3 is 35.8 Å². The van der Waals surface area contributed by atoms with Gasteiger partial charge in [0.1, 0.15) is 0 Å². The van der Waals surface area contributed by atoms with Gasteiger partial charge in [0, 0.05) is 38.5 Å². The first-order chi connectivity index (χ1) is 16.9. The molecular weight excluding hydrogens is 480 g/mol. The maximum Gasteiger partial charge on any atom is 0.303 e. The Morgan fingerprint density at radius 1 is 0.250 bits per heavy atom. The number of carboxylic acid groups (broad SMARTS) is 6. The van der Waals surface area contributed by atoms with E-state index in [-0.39, 0.29) is 38.5 Å². The lowest BCUT2D eigenvalue weighted by Gasteiger charge is -1.98. The van der Waals surface area contributed by atoms with Crippen LogP contribution in [-0.2, 0) is 28.8 Å². The van der Waals surface area contributed by atoms with Crippen LogP contribution in [0.3, 0.4) is 0 Å². The minimum atomic E-state index is -0.870. The van der Waals surface area contributed by atoms with E-state index in [9.17, 15) is 28.8 Å². The zero-order chi connectivity index (χ0) is 28.2. The molecule has 0 aliphatic heterocycles. The molecule has 0 bridgehead atoms. The van der Waals surface area contributed by atoms with Crippen molar-refractivity contribution in [3.8, 4) is 0 Å². The SMILES string of the molecule is O=C(O)CCCCC(=O)O.O=C(O)CCCCCCC(=O)O.O=C(O)CCCCCCCCC(=O)O. The van der Waals surface area contributed by atoms with Gasteiger partial charge in [-0.3, -0.25) is 28.8 Å². The fraction of sp³-hybridized carbons (Fsp3) is 0.750. The molecule has 0 amide bonds. The van der Waals surface area contributed by atoms with E-state index in [4.69, 9.17) is 30.6 Å². The molecule has 210 valence electrons. The molecule has 36 heavy (non-hydrogen) atoms. The Balaban J connectivity index is -0.000000460. The van der Waals surface area contributed by atoms with Crippen LogP contribution in [0.2, 0.25) is 0 Å². The number of hydrogen-bond acceptors (Lipinski definition) is 6. The molecule has 0 aromatic heterocycles. The highest BCUT2D eigenvalue weighted by atomic mass is 16.4. The molecule has 0 radical (unpaired) electrons. The highest BCUT2D eigenvalue weighted by Gasteiger charge is 2.00. The fourth-order valence-corrected chi connectivity index (χ4v) is 2.72. The Kier molecular flexibility index (Phi) is 29.1. The summed E-state index contributed by atoms with van der Waals surface area (Å²) in [6, 6.07) is 0. The van der Waals surface area contributed by atoms with E-state index in [0.29, 0.717) is 25.7 Å². The number of carbonyl (C=O) groups is 6. The van der Waals surface area contributed by atoms with Crippen molar-refractivity contribution in [2.24, 2.45) is 0 Å². The van der Waals surface area contributed by atoms with Gasteiger partial charge in [0.15, 0.2) is 0 Å². The molecule has 0 rings (SSSR count). The van der Waals surface area contributed by atoms with Gasteiger partial charge in [-0.15, -0.1) is 0 Å². The zero-order valence-corrected chi connectivity index (χ0v) is 20.9. The molecule has 0 atom stereocenters. The van der Waals surface area contributed by atoms with Gasteiger partial charge in [0.25, 0.3) is 0 Å². The quantitative estimate of drug-likeness (QED) is 0.115. The summed E-state index contributed by atoms with van der Waals surface area (Å²) in [6.45, 7) is 0. The van der Waals surface area contributed by atoms with Gasteiger partial charge in [-0.05, 0) is 38.5 Å². The third-order valence-corrected chi connectivity index (χ3v) is 4.59. The van der Waals surface area contributed by atoms with E-state index >= 15 is 0 Å². The van der Waals surface area contributed by atoms with Crippen molar-refractivity contribution >= 4 is 35.8 Å². The van der Waals surface area contributed by atoms with Crippen LogP contribution in [0.4, 0.5) is 0 Å². The Morgan fingerprint density at radius 2 is 0.361 bits per heavy atom. The summed E-state index contributed by atoms with van der Waals surface area (Å²) in [5.41, 5.74) is 0. The van der Waals surface area contributed by atoms with E-state index in [1.165, 1.54) is 0 Å². The van der Waals surface area contributed by atoms with E-state index in [1.807, 2.05) is 0 Å². The molecule has 0 fully saturated rings. The summed E-state index contributed by atoms with van der Waals surface area (Å²) < 4.78 is 0. The monoisotopic (exact) mass is 522 g/mol. The fourth-order valence-electron chi connectivity index (χ4n) is 2.72. The molecular formula is C24H42O12. The van der Waals surface area contributed by atoms with E-state index in [1.54, 1.807) is 0 Å². The molecule has 0 aliphatic rings. The number of rotatable bonds is 21. The van der Waals surface area contributed by atoms with Crippen molar-refractivity contribution in [3.05, 3.63) is 0 Å². The Bertz CT molecular complexity index is 577. The summed E-state index contributed by atoms with van der Waals surface area (Å²) in [6.07, 6.45) is 10.1. The standard InChI is InChI=1S/C10H18O4.C8H14O4.C6H10O4/c11-9(12)7-5-3-1-2-4-6-8-10(13)14;9-7(10)5-3-1-2-4-6-8(11)12;7-5(8)3-1-2-4-6(9)10/h1-8H2,(H,11,12)(H,13,14);1-6H2,(H,9,10)(H,11,12);1-4H2,(H,7,8)(H,9,10). The molecule has 6 N–H and O–H groups in total. The molecule has 12 heteroatoms. The minimum Gasteiger partial charge on any atom is -0.481 e. The summed E-state index contributed by atoms with van der Waals surface area (Å²) in [5, 5.41) is 49.5. The normalized spacial score (nSPS) is 9.67. The second kappa shape index (κ2) is 28.1. The Labute approximate surface area is 211 Å². The first-order valence-electron chi connectivity index (χ1n) is 12.2. The molecule has 0 saturated carbocycles. The van der Waals surface area contributed by atoms with E-state index in [0.717, 1.165) is 51.4 Å². The maximum atomic E-state index is 10.1. The number of aliphatic carboxylic acids is 6. The van der Waals surface area contributed by atoms with Gasteiger partial charge in [-0.25, -0.2) is 0 Å². The van der Waals surface area contributed by atoms with Crippen LogP contribution in [-0.4, -0.2) is 66.5 Å². The second-order valence-corrected chi connectivity index (χ2v) is 8.11. The average molecular weight is 523 g/mol. The molecule has 0 heterocycles. The lowest BCUT2D eigenvalue weighted by atomic mass is 10.1. The predicted octanol–water partition coefficient (Wildman–Crippen LogP) is 4.49. The summed E-state index contributed by atoms with van der Waals surface area (Å²) in [5.74, 6) is -4.79. The third-order valence-electron chi connectivity index (χ3n) is 4.59. The molecule has 0 saturated heterocycles. The third kappa shape index (κ3) is 48.3. The highest BCUT2D eigenvalue weighted by molar-refractivity contribution is 5.68. The second-order valence-electron chi connectivity index (χ2n) is 8.11. The molecule has 0 unspecified atom stereocenters. The first-order valence-corrected chi connectivity index (χ1v) is 12.2. The van der Waals surface area contributed by atoms with Crippen LogP contribution in [0.5, 0.6) is 0 Å². The lowest BCUT2D eigenvalue weighted by molar-refractivity contribution is -0.139. The minimum absolute atomic E-state index is 0.0628. The molecule has 12 nitrogen and oxygen atoms in total. The van der Waals surface area contributed by atoms with Crippen molar-refractivity contribution in [1.29, 1.82) is 0 Å². The smallest absolute Gasteiger partial charge is 0.303 e. The number of carboxylic acids is 6. The van der Waals surface area contributed by atoms with Crippen LogP contribution < -0.4 is 0 Å². The molecule has 0 aromatic rings. The van der Waals surface area contributed by atoms with Gasteiger partial charge < -0.3 is 30.6 Å². The van der Waals surface area contributed by atoms with Gasteiger partial charge in [0.2, 0.25) is 0 Å². The van der Waals surface area contributed by atoms with Crippen LogP contribution in [0, 0.1) is 0 Å². The average Bonchev–Trinajstić information content (AvgIpc) is 2.75. The van der Waals surface area contributed by atoms with Crippen molar-refractivity contribution in [1.82, 2.24) is 0 Å². The summed E-state index contributed by atoms with van der Waals surface area (Å²) >= 11 is 0. The van der Waals surface area contributed by atoms with Crippen molar-refractivity contribution in [2.45, 2.75) is 116 Å². The van der Waals surface area contributed by atoms with Crippen molar-refractivity contribution in [2.75, 3.05) is 0 Å². The zero-order valence-electron chi connectivity index (χ0n) is 20.9. The highest BCUT2D eigenvalue weighted by Crippen LogP contribution is 2.08. The summed E-state index contributed by atoms with van der Waals surface area (Å²) in [4.78, 5) is 60.2. The van der Waals surface area contributed by atoms with E-state index < -0.39 is 35.8 Å². The van der Waals surface area contributed by atoms with Gasteiger partial charge in [0.05, 0.1) is 0 Å². The number of hydrogen-bond donors (Lipinski definition) is 6. The first kappa shape index (κ1) is 37.4. The summed E-state index contributed by atoms with van der Waals surface area (Å²) in [7, 11) is 0. The molecule has 0 aliphatic carbocycles. The van der Waals surface area contributed by atoms with E-state index in [2.05, 4.69) is 0 Å². The van der Waals surface area contributed by atoms with Crippen LogP contribution >= 0.6 is 0 Å². The Morgan fingerprint density at radius 3 is 0.500 bits per heavy atom. The predicted molar refractivity (Wildman–Crippen MR) is 129 cm³/mol. The van der Waals surface area contributed by atoms with Crippen LogP contribution in [0.15, 0.2) is 0 Å². The largest absolute Gasteiger partial charge is 0.481 e. The van der Waals surface area contributed by atoms with Crippen LogP contribution in [0.1, 0.15) is 116 Å². The molecule has 0 aromatic carbocycles. The van der Waals surface area contributed by atoms with Crippen molar-refractivity contribution < 1.29 is 59.4 Å². The molecule has 0 spiro atoms. The number of unbranched alkanes of at least 4 members (excludes halogenated alkanes) is 9. The van der Waals surface area contributed by atoms with Gasteiger partial charge in [-0.2, -0.15) is 0 Å². The van der Waals surface area contributed by atoms with Crippen molar-refractivity contribution in [3.63, 3.8) is 0 Å². The Hall–Kier alpha value is -3.18. The maximum absolute atomic E-state index is 10.1. The lowest BCUT2D eigenvalue weighted by Crippen LogP contribution is -1.97. The van der Waals surface area contributed by atoms with Gasteiger partial charge in [-0.1, -0.05) is 38.5 Å².